The topological polar surface area (TPSA) is 46.9 Å². The van der Waals surface area contributed by atoms with Crippen molar-refractivity contribution in [2.45, 2.75) is 26.8 Å². The first kappa shape index (κ1) is 11.6. The van der Waals surface area contributed by atoms with Crippen molar-refractivity contribution in [1.82, 2.24) is 14.9 Å². The molecule has 2 rings (SSSR count). The Labute approximate surface area is 101 Å². The van der Waals surface area contributed by atoms with Gasteiger partial charge >= 0.3 is 0 Å². The van der Waals surface area contributed by atoms with Gasteiger partial charge in [0.05, 0.1) is 11.0 Å². The van der Waals surface area contributed by atoms with E-state index in [0.29, 0.717) is 13.0 Å². The van der Waals surface area contributed by atoms with Gasteiger partial charge in [0.1, 0.15) is 5.82 Å². The number of rotatable bonds is 4. The normalized spacial score (nSPS) is 10.7. The molecule has 4 heteroatoms. The van der Waals surface area contributed by atoms with Crippen molar-refractivity contribution < 1.29 is 4.79 Å². The van der Waals surface area contributed by atoms with Gasteiger partial charge in [-0.15, -0.1) is 0 Å². The van der Waals surface area contributed by atoms with Crippen LogP contribution in [-0.2, 0) is 11.3 Å². The highest BCUT2D eigenvalue weighted by atomic mass is 16.1. The molecule has 0 aliphatic carbocycles. The second kappa shape index (κ2) is 4.99. The van der Waals surface area contributed by atoms with Gasteiger partial charge in [-0.05, 0) is 19.1 Å². The number of benzene rings is 1. The predicted octanol–water partition coefficient (Wildman–Crippen LogP) is 1.87. The van der Waals surface area contributed by atoms with Gasteiger partial charge in [-0.25, -0.2) is 4.98 Å². The van der Waals surface area contributed by atoms with Crippen molar-refractivity contribution in [2.24, 2.45) is 0 Å². The highest BCUT2D eigenvalue weighted by Crippen LogP contribution is 2.14. The first-order chi connectivity index (χ1) is 8.22. The van der Waals surface area contributed by atoms with Gasteiger partial charge in [0.25, 0.3) is 0 Å². The summed E-state index contributed by atoms with van der Waals surface area (Å²) in [5, 5.41) is 2.87. The molecule has 1 aromatic heterocycles. The standard InChI is InChI=1S/C13H17N3O/c1-3-13(17)14-8-9-16-10(2)15-11-6-4-5-7-12(11)16/h4-7H,3,8-9H2,1-2H3,(H,14,17). The van der Waals surface area contributed by atoms with Gasteiger partial charge in [0.15, 0.2) is 0 Å². The third kappa shape index (κ3) is 2.46. The number of carbonyl (C=O) groups excluding carboxylic acids is 1. The van der Waals surface area contributed by atoms with E-state index < -0.39 is 0 Å². The van der Waals surface area contributed by atoms with E-state index in [9.17, 15) is 4.79 Å². The summed E-state index contributed by atoms with van der Waals surface area (Å²) in [6, 6.07) is 8.04. The summed E-state index contributed by atoms with van der Waals surface area (Å²) < 4.78 is 2.13. The Morgan fingerprint density at radius 3 is 2.94 bits per heavy atom. The number of aromatic nitrogens is 2. The van der Waals surface area contributed by atoms with Crippen molar-refractivity contribution in [2.75, 3.05) is 6.54 Å². The number of aryl methyl sites for hydroxylation is 1. The molecule has 0 atom stereocenters. The summed E-state index contributed by atoms with van der Waals surface area (Å²) in [6.07, 6.45) is 0.531. The molecule has 0 radical (unpaired) electrons. The zero-order valence-electron chi connectivity index (χ0n) is 10.2. The van der Waals surface area contributed by atoms with Gasteiger partial charge in [-0.1, -0.05) is 19.1 Å². The average Bonchev–Trinajstić information content (AvgIpc) is 2.66. The third-order valence-corrected chi connectivity index (χ3v) is 2.82. The van der Waals surface area contributed by atoms with E-state index in [2.05, 4.69) is 20.9 Å². The number of para-hydroxylation sites is 2. The number of carbonyl (C=O) groups is 1. The van der Waals surface area contributed by atoms with Crippen molar-refractivity contribution in [3.8, 4) is 0 Å². The Bertz CT molecular complexity index is 530. The Morgan fingerprint density at radius 2 is 2.18 bits per heavy atom. The molecule has 4 nitrogen and oxygen atoms in total. The highest BCUT2D eigenvalue weighted by Gasteiger charge is 2.06. The smallest absolute Gasteiger partial charge is 0.219 e. The number of amides is 1. The SMILES string of the molecule is CCC(=O)NCCn1c(C)nc2ccccc21. The lowest BCUT2D eigenvalue weighted by Gasteiger charge is -2.07. The molecular weight excluding hydrogens is 214 g/mol. The lowest BCUT2D eigenvalue weighted by atomic mass is 10.3. The third-order valence-electron chi connectivity index (χ3n) is 2.82. The fourth-order valence-corrected chi connectivity index (χ4v) is 1.91. The molecule has 0 saturated carbocycles. The minimum absolute atomic E-state index is 0.0899. The van der Waals surface area contributed by atoms with Crippen LogP contribution in [0.5, 0.6) is 0 Å². The fourth-order valence-electron chi connectivity index (χ4n) is 1.91. The number of hydrogen-bond donors (Lipinski definition) is 1. The lowest BCUT2D eigenvalue weighted by molar-refractivity contribution is -0.120. The van der Waals surface area contributed by atoms with Gasteiger partial charge in [0, 0.05) is 19.5 Å². The van der Waals surface area contributed by atoms with E-state index in [1.807, 2.05) is 32.0 Å². The van der Waals surface area contributed by atoms with Crippen molar-refractivity contribution in [3.05, 3.63) is 30.1 Å². The molecule has 2 aromatic rings. The lowest BCUT2D eigenvalue weighted by Crippen LogP contribution is -2.26. The Morgan fingerprint density at radius 1 is 1.41 bits per heavy atom. The fraction of sp³-hybridized carbons (Fsp3) is 0.385. The summed E-state index contributed by atoms with van der Waals surface area (Å²) in [5.74, 6) is 1.07. The van der Waals surface area contributed by atoms with Crippen LogP contribution in [0, 0.1) is 6.92 Å². The number of hydrogen-bond acceptors (Lipinski definition) is 2. The van der Waals surface area contributed by atoms with E-state index in [0.717, 1.165) is 23.4 Å². The molecule has 1 heterocycles. The molecule has 0 aliphatic rings. The molecule has 0 bridgehead atoms. The number of imidazole rings is 1. The van der Waals surface area contributed by atoms with Gasteiger partial charge in [0.2, 0.25) is 5.91 Å². The van der Waals surface area contributed by atoms with Crippen LogP contribution in [0.2, 0.25) is 0 Å². The molecule has 0 aliphatic heterocycles. The number of nitrogens with one attached hydrogen (secondary N) is 1. The second-order valence-electron chi connectivity index (χ2n) is 4.00. The van der Waals surface area contributed by atoms with E-state index in [1.165, 1.54) is 0 Å². The summed E-state index contributed by atoms with van der Waals surface area (Å²) >= 11 is 0. The first-order valence-corrected chi connectivity index (χ1v) is 5.91. The van der Waals surface area contributed by atoms with Crippen LogP contribution in [0.4, 0.5) is 0 Å². The van der Waals surface area contributed by atoms with Crippen molar-refractivity contribution in [3.63, 3.8) is 0 Å². The molecule has 0 fully saturated rings. The predicted molar refractivity (Wildman–Crippen MR) is 67.8 cm³/mol. The minimum atomic E-state index is 0.0899. The maximum Gasteiger partial charge on any atom is 0.219 e. The van der Waals surface area contributed by atoms with Gasteiger partial charge in [-0.3, -0.25) is 4.79 Å². The molecule has 0 saturated heterocycles. The molecule has 1 N–H and O–H groups in total. The highest BCUT2D eigenvalue weighted by molar-refractivity contribution is 5.76. The van der Waals surface area contributed by atoms with E-state index in [4.69, 9.17) is 0 Å². The maximum atomic E-state index is 11.2. The Kier molecular flexibility index (Phi) is 3.42. The molecule has 1 aromatic carbocycles. The minimum Gasteiger partial charge on any atom is -0.354 e. The van der Waals surface area contributed by atoms with Crippen LogP contribution in [0.15, 0.2) is 24.3 Å². The molecule has 1 amide bonds. The maximum absolute atomic E-state index is 11.2. The van der Waals surface area contributed by atoms with Crippen LogP contribution in [-0.4, -0.2) is 22.0 Å². The summed E-state index contributed by atoms with van der Waals surface area (Å²) in [5.41, 5.74) is 2.13. The summed E-state index contributed by atoms with van der Waals surface area (Å²) in [4.78, 5) is 15.6. The van der Waals surface area contributed by atoms with Crippen molar-refractivity contribution >= 4 is 16.9 Å². The molecule has 0 unspecified atom stereocenters. The van der Waals surface area contributed by atoms with Crippen LogP contribution in [0.1, 0.15) is 19.2 Å². The van der Waals surface area contributed by atoms with E-state index >= 15 is 0 Å². The largest absolute Gasteiger partial charge is 0.354 e. The Hall–Kier alpha value is -1.84. The van der Waals surface area contributed by atoms with E-state index in [-0.39, 0.29) is 5.91 Å². The molecule has 0 spiro atoms. The number of nitrogens with zero attached hydrogens (tertiary/aromatic N) is 2. The van der Waals surface area contributed by atoms with Gasteiger partial charge < -0.3 is 9.88 Å². The molecular formula is C13H17N3O. The van der Waals surface area contributed by atoms with Crippen LogP contribution < -0.4 is 5.32 Å². The molecule has 17 heavy (non-hydrogen) atoms. The quantitative estimate of drug-likeness (QED) is 0.873. The summed E-state index contributed by atoms with van der Waals surface area (Å²) in [7, 11) is 0. The Balaban J connectivity index is 2.12. The average molecular weight is 231 g/mol. The first-order valence-electron chi connectivity index (χ1n) is 5.91. The van der Waals surface area contributed by atoms with E-state index in [1.54, 1.807) is 0 Å². The summed E-state index contributed by atoms with van der Waals surface area (Å²) in [6.45, 7) is 5.25. The van der Waals surface area contributed by atoms with Crippen LogP contribution in [0.3, 0.4) is 0 Å². The molecule has 90 valence electrons. The van der Waals surface area contributed by atoms with Crippen LogP contribution >= 0.6 is 0 Å². The zero-order valence-corrected chi connectivity index (χ0v) is 10.2. The van der Waals surface area contributed by atoms with Crippen LogP contribution in [0.25, 0.3) is 11.0 Å². The monoisotopic (exact) mass is 231 g/mol. The number of fused-ring (bicyclic) bond motifs is 1. The second-order valence-corrected chi connectivity index (χ2v) is 4.00. The zero-order chi connectivity index (χ0) is 12.3. The van der Waals surface area contributed by atoms with Crippen molar-refractivity contribution in [1.29, 1.82) is 0 Å². The van der Waals surface area contributed by atoms with Gasteiger partial charge in [-0.2, -0.15) is 0 Å².